The molecule has 7 rings (SSSR count). The lowest BCUT2D eigenvalue weighted by atomic mass is 9.91. The van der Waals surface area contributed by atoms with Crippen LogP contribution >= 0.6 is 23.2 Å². The minimum absolute atomic E-state index is 0.0533. The topological polar surface area (TPSA) is 148 Å². The van der Waals surface area contributed by atoms with Crippen molar-refractivity contribution in [2.75, 3.05) is 54.0 Å². The summed E-state index contributed by atoms with van der Waals surface area (Å²) >= 11 is 12.4. The van der Waals surface area contributed by atoms with Gasteiger partial charge < -0.3 is 32.3 Å². The largest absolute Gasteiger partial charge is 0.382 e. The molecule has 2 atom stereocenters. The molecule has 2 aromatic heterocycles. The van der Waals surface area contributed by atoms with Crippen LogP contribution in [0.2, 0.25) is 10.0 Å². The van der Waals surface area contributed by atoms with Gasteiger partial charge in [-0.2, -0.15) is 0 Å². The van der Waals surface area contributed by atoms with Gasteiger partial charge in [0, 0.05) is 43.3 Å². The molecule has 0 saturated carbocycles. The van der Waals surface area contributed by atoms with E-state index >= 15 is 0 Å². The summed E-state index contributed by atoms with van der Waals surface area (Å²) in [5.74, 6) is 3.33. The lowest BCUT2D eigenvalue weighted by Gasteiger charge is -2.37. The number of fused-ring (bicyclic) bond motifs is 1. The van der Waals surface area contributed by atoms with Crippen LogP contribution in [0.15, 0.2) is 36.7 Å². The van der Waals surface area contributed by atoms with Gasteiger partial charge in [0.1, 0.15) is 23.0 Å². The maximum Gasteiger partial charge on any atom is 0.152 e. The molecular formula is C33H44Cl2N10. The molecule has 4 aliphatic rings. The number of benzene rings is 1. The van der Waals surface area contributed by atoms with Gasteiger partial charge in [0.25, 0.3) is 0 Å². The van der Waals surface area contributed by atoms with E-state index in [9.17, 15) is 0 Å². The first-order valence-corrected chi connectivity index (χ1v) is 16.8. The highest BCUT2D eigenvalue weighted by molar-refractivity contribution is 6.43. The summed E-state index contributed by atoms with van der Waals surface area (Å²) in [7, 11) is 0. The lowest BCUT2D eigenvalue weighted by molar-refractivity contribution is 0.363. The summed E-state index contributed by atoms with van der Waals surface area (Å²) in [4.78, 5) is 22.8. The molecule has 3 aliphatic heterocycles. The Kier molecular flexibility index (Phi) is 9.65. The molecular weight excluding hydrogens is 607 g/mol. The summed E-state index contributed by atoms with van der Waals surface area (Å²) in [6.07, 6.45) is 14.9. The predicted octanol–water partition coefficient (Wildman–Crippen LogP) is 5.55. The van der Waals surface area contributed by atoms with Gasteiger partial charge in [-0.25, -0.2) is 19.9 Å². The fourth-order valence-electron chi connectivity index (χ4n) is 6.79. The Morgan fingerprint density at radius 3 is 2.31 bits per heavy atom. The molecule has 3 aromatic rings. The summed E-state index contributed by atoms with van der Waals surface area (Å²) in [6.45, 7) is 7.04. The number of halogens is 2. The third kappa shape index (κ3) is 7.30. The molecule has 45 heavy (non-hydrogen) atoms. The maximum atomic E-state index is 6.28. The molecule has 0 amide bonds. The zero-order chi connectivity index (χ0) is 31.6. The van der Waals surface area contributed by atoms with Crippen molar-refractivity contribution in [1.29, 1.82) is 0 Å². The maximum absolute atomic E-state index is 6.28. The van der Waals surface area contributed by atoms with Crippen molar-refractivity contribution in [3.63, 3.8) is 0 Å². The van der Waals surface area contributed by atoms with E-state index in [1.54, 1.807) is 12.3 Å². The van der Waals surface area contributed by atoms with Gasteiger partial charge in [0.2, 0.25) is 0 Å². The standard InChI is InChI=1S/C17H19Cl2N5.C16H25N5/c18-12-3-1-2-11(15(12)19)16-17(20)23-14(8-22-16)24-7-5-13-10(9-24)4-6-21-13;1-16(18)7-9-21(10-8-16)13-11-19-14(15(17)20-13)12-5-3-2-4-6-12/h1-3,8,10,13,21H,4-7,9H2,(H2,20,23);5,11H,2-4,6-10,18H2,1H3,(H2,17,20). The molecule has 3 fully saturated rings. The van der Waals surface area contributed by atoms with E-state index in [4.69, 9.17) is 40.4 Å². The molecule has 0 spiro atoms. The van der Waals surface area contributed by atoms with Crippen molar-refractivity contribution in [2.24, 2.45) is 11.7 Å². The van der Waals surface area contributed by atoms with Crippen LogP contribution in [-0.4, -0.2) is 64.2 Å². The monoisotopic (exact) mass is 650 g/mol. The van der Waals surface area contributed by atoms with E-state index in [0.29, 0.717) is 44.9 Å². The number of nitrogens with one attached hydrogen (secondary N) is 1. The number of hydrogen-bond donors (Lipinski definition) is 4. The molecule has 0 bridgehead atoms. The molecule has 1 aliphatic carbocycles. The fraction of sp³-hybridized carbons (Fsp3) is 0.515. The Balaban J connectivity index is 0.000000160. The van der Waals surface area contributed by atoms with Crippen molar-refractivity contribution in [3.05, 3.63) is 52.4 Å². The summed E-state index contributed by atoms with van der Waals surface area (Å²) < 4.78 is 0. The first kappa shape index (κ1) is 31.8. The number of nitrogens with two attached hydrogens (primary N) is 3. The Hall–Kier alpha value is -3.18. The Morgan fingerprint density at radius 1 is 0.911 bits per heavy atom. The molecule has 1 aromatic carbocycles. The van der Waals surface area contributed by atoms with Crippen LogP contribution in [0.1, 0.15) is 64.0 Å². The van der Waals surface area contributed by atoms with Gasteiger partial charge in [-0.3, -0.25) is 0 Å². The molecule has 7 N–H and O–H groups in total. The number of piperidine rings is 2. The number of hydrogen-bond acceptors (Lipinski definition) is 10. The van der Waals surface area contributed by atoms with E-state index in [-0.39, 0.29) is 5.54 Å². The molecule has 3 saturated heterocycles. The Labute approximate surface area is 275 Å². The van der Waals surface area contributed by atoms with Crippen molar-refractivity contribution in [1.82, 2.24) is 25.3 Å². The number of aromatic nitrogens is 4. The second kappa shape index (κ2) is 13.7. The summed E-state index contributed by atoms with van der Waals surface area (Å²) in [5, 5.41) is 4.50. The highest BCUT2D eigenvalue weighted by atomic mass is 35.5. The van der Waals surface area contributed by atoms with E-state index in [0.717, 1.165) is 82.2 Å². The summed E-state index contributed by atoms with van der Waals surface area (Å²) in [6, 6.07) is 6.07. The molecule has 10 nitrogen and oxygen atoms in total. The van der Waals surface area contributed by atoms with E-state index in [2.05, 4.69) is 48.1 Å². The second-order valence-electron chi connectivity index (χ2n) is 13.0. The number of anilines is 4. The van der Waals surface area contributed by atoms with E-state index < -0.39 is 0 Å². The zero-order valence-corrected chi connectivity index (χ0v) is 27.5. The third-order valence-corrected chi connectivity index (χ3v) is 10.4. The van der Waals surface area contributed by atoms with E-state index in [1.165, 1.54) is 24.8 Å². The fourth-order valence-corrected chi connectivity index (χ4v) is 7.18. The van der Waals surface area contributed by atoms with Gasteiger partial charge in [-0.1, -0.05) is 41.4 Å². The molecule has 12 heteroatoms. The average molecular weight is 652 g/mol. The SMILES string of the molecule is CC1(N)CCN(c2cnc(C3=CCCCC3)c(N)n2)CC1.Nc1nc(N2CCC3NCCC3C2)cnc1-c1cccc(Cl)c1Cl. The van der Waals surface area contributed by atoms with Crippen LogP contribution in [0, 0.1) is 5.92 Å². The molecule has 0 radical (unpaired) electrons. The van der Waals surface area contributed by atoms with Gasteiger partial charge >= 0.3 is 0 Å². The van der Waals surface area contributed by atoms with Crippen LogP contribution in [0.5, 0.6) is 0 Å². The number of rotatable bonds is 4. The highest BCUT2D eigenvalue weighted by Gasteiger charge is 2.33. The van der Waals surface area contributed by atoms with Crippen LogP contribution in [0.25, 0.3) is 16.8 Å². The minimum Gasteiger partial charge on any atom is -0.382 e. The van der Waals surface area contributed by atoms with Crippen molar-refractivity contribution < 1.29 is 0 Å². The smallest absolute Gasteiger partial charge is 0.152 e. The van der Waals surface area contributed by atoms with Crippen LogP contribution in [0.3, 0.4) is 0 Å². The van der Waals surface area contributed by atoms with Crippen LogP contribution < -0.4 is 32.3 Å². The van der Waals surface area contributed by atoms with Crippen LogP contribution in [0.4, 0.5) is 23.3 Å². The van der Waals surface area contributed by atoms with Crippen LogP contribution in [-0.2, 0) is 0 Å². The quantitative estimate of drug-likeness (QED) is 0.283. The molecule has 2 unspecified atom stereocenters. The van der Waals surface area contributed by atoms with Crippen molar-refractivity contribution in [3.8, 4) is 11.3 Å². The third-order valence-electron chi connectivity index (χ3n) is 9.58. The lowest BCUT2D eigenvalue weighted by Crippen LogP contribution is -2.48. The minimum atomic E-state index is -0.0533. The number of nitrogen functional groups attached to an aromatic ring is 2. The van der Waals surface area contributed by atoms with Crippen molar-refractivity contribution in [2.45, 2.75) is 69.9 Å². The first-order chi connectivity index (χ1) is 21.7. The Bertz CT molecular complexity index is 1530. The van der Waals surface area contributed by atoms with E-state index in [1.807, 2.05) is 18.3 Å². The second-order valence-corrected chi connectivity index (χ2v) is 13.8. The summed E-state index contributed by atoms with van der Waals surface area (Å²) in [5.41, 5.74) is 21.8. The average Bonchev–Trinajstić information content (AvgIpc) is 3.52. The van der Waals surface area contributed by atoms with Gasteiger partial charge in [-0.05, 0) is 82.4 Å². The number of nitrogens with zero attached hydrogens (tertiary/aromatic N) is 6. The number of allylic oxidation sites excluding steroid dienone is 2. The zero-order valence-electron chi connectivity index (χ0n) is 26.0. The predicted molar refractivity (Wildman–Crippen MR) is 186 cm³/mol. The first-order valence-electron chi connectivity index (χ1n) is 16.1. The molecule has 240 valence electrons. The Morgan fingerprint density at radius 2 is 1.62 bits per heavy atom. The highest BCUT2D eigenvalue weighted by Crippen LogP contribution is 2.36. The van der Waals surface area contributed by atoms with Gasteiger partial charge in [0.15, 0.2) is 11.6 Å². The van der Waals surface area contributed by atoms with Gasteiger partial charge in [-0.15, -0.1) is 0 Å². The van der Waals surface area contributed by atoms with Crippen molar-refractivity contribution >= 4 is 52.0 Å². The van der Waals surface area contributed by atoms with Gasteiger partial charge in [0.05, 0.1) is 22.4 Å². The molecule has 5 heterocycles. The normalized spacial score (nSPS) is 22.7.